The number of likely N-dealkylation sites (N-methyl/N-ethyl adjacent to an activating group) is 1. The summed E-state index contributed by atoms with van der Waals surface area (Å²) < 4.78 is 5.13. The molecule has 1 aliphatic rings. The normalized spacial score (nSPS) is 15.0. The number of nitrogens with zero attached hydrogens (tertiary/aromatic N) is 4. The number of aromatic nitrogens is 2. The van der Waals surface area contributed by atoms with Crippen molar-refractivity contribution in [2.75, 3.05) is 45.2 Å². The molecule has 2 heterocycles. The molecule has 25 heavy (non-hydrogen) atoms. The summed E-state index contributed by atoms with van der Waals surface area (Å²) in [5.41, 5.74) is 1.38. The lowest BCUT2D eigenvalue weighted by molar-refractivity contribution is 0.0642. The van der Waals surface area contributed by atoms with E-state index in [2.05, 4.69) is 27.1 Å². The predicted molar refractivity (Wildman–Crippen MR) is 96.3 cm³/mol. The van der Waals surface area contributed by atoms with Crippen molar-refractivity contribution < 1.29 is 9.53 Å². The zero-order valence-corrected chi connectivity index (χ0v) is 14.6. The van der Waals surface area contributed by atoms with Gasteiger partial charge >= 0.3 is 0 Å². The molecule has 7 heteroatoms. The van der Waals surface area contributed by atoms with E-state index in [0.717, 1.165) is 44.2 Å². The predicted octanol–water partition coefficient (Wildman–Crippen LogP) is 2.01. The maximum absolute atomic E-state index is 12.5. The zero-order valence-electron chi connectivity index (χ0n) is 14.6. The first-order chi connectivity index (χ1) is 12.2. The number of hydrogen-bond acceptors (Lipinski definition) is 6. The van der Waals surface area contributed by atoms with Gasteiger partial charge in [-0.05, 0) is 30.8 Å². The van der Waals surface area contributed by atoms with Crippen LogP contribution in [0.25, 0.3) is 0 Å². The first-order valence-electron chi connectivity index (χ1n) is 8.44. The minimum absolute atomic E-state index is 0.00764. The molecule has 7 nitrogen and oxygen atoms in total. The van der Waals surface area contributed by atoms with Crippen LogP contribution in [0.5, 0.6) is 5.75 Å². The van der Waals surface area contributed by atoms with Gasteiger partial charge in [-0.15, -0.1) is 0 Å². The molecular weight excluding hydrogens is 318 g/mol. The van der Waals surface area contributed by atoms with E-state index in [1.165, 1.54) is 0 Å². The Morgan fingerprint density at radius 1 is 1.12 bits per heavy atom. The van der Waals surface area contributed by atoms with Gasteiger partial charge in [0, 0.05) is 44.3 Å². The molecule has 1 fully saturated rings. The number of nitrogens with one attached hydrogen (secondary N) is 1. The van der Waals surface area contributed by atoms with Crippen molar-refractivity contribution in [3.63, 3.8) is 0 Å². The van der Waals surface area contributed by atoms with E-state index in [9.17, 15) is 4.79 Å². The van der Waals surface area contributed by atoms with Gasteiger partial charge in [0.2, 0.25) is 5.95 Å². The smallest absolute Gasteiger partial charge is 0.257 e. The summed E-state index contributed by atoms with van der Waals surface area (Å²) in [4.78, 5) is 25.2. The van der Waals surface area contributed by atoms with Crippen LogP contribution in [0.3, 0.4) is 0 Å². The zero-order chi connectivity index (χ0) is 17.6. The molecule has 1 aromatic heterocycles. The Morgan fingerprint density at radius 3 is 2.32 bits per heavy atom. The van der Waals surface area contributed by atoms with E-state index in [-0.39, 0.29) is 5.91 Å². The van der Waals surface area contributed by atoms with Crippen molar-refractivity contribution in [2.45, 2.75) is 6.92 Å². The van der Waals surface area contributed by atoms with Crippen LogP contribution >= 0.6 is 0 Å². The van der Waals surface area contributed by atoms with Crippen molar-refractivity contribution in [3.8, 4) is 5.75 Å². The van der Waals surface area contributed by atoms with Gasteiger partial charge in [0.25, 0.3) is 5.91 Å². The van der Waals surface area contributed by atoms with Crippen LogP contribution < -0.4 is 10.1 Å². The van der Waals surface area contributed by atoms with Gasteiger partial charge in [-0.25, -0.2) is 9.97 Å². The highest BCUT2D eigenvalue weighted by molar-refractivity contribution is 5.93. The Balaban J connectivity index is 1.60. The molecule has 1 saturated heterocycles. The molecule has 2 aromatic rings. The number of benzene rings is 1. The molecule has 1 aromatic carbocycles. The number of rotatable bonds is 5. The average Bonchev–Trinajstić information content (AvgIpc) is 2.69. The number of hydrogen-bond donors (Lipinski definition) is 1. The minimum atomic E-state index is -0.00764. The molecule has 0 spiro atoms. The Morgan fingerprint density at radius 2 is 1.76 bits per heavy atom. The molecule has 0 atom stereocenters. The molecule has 132 valence electrons. The first kappa shape index (κ1) is 17.2. The second-order valence-electron chi connectivity index (χ2n) is 5.88. The van der Waals surface area contributed by atoms with Crippen molar-refractivity contribution in [2.24, 2.45) is 0 Å². The van der Waals surface area contributed by atoms with Gasteiger partial charge in [-0.1, -0.05) is 6.92 Å². The standard InChI is InChI=1S/C18H23N5O2/c1-3-22-8-10-23(11-9-22)17(24)14-12-19-18(20-13-14)21-15-4-6-16(25-2)7-5-15/h4-7,12-13H,3,8-11H2,1-2H3,(H,19,20,21). The van der Waals surface area contributed by atoms with Gasteiger partial charge in [0.05, 0.1) is 12.7 Å². The number of methoxy groups -OCH3 is 1. The molecule has 1 amide bonds. The topological polar surface area (TPSA) is 70.6 Å². The Bertz CT molecular complexity index is 694. The average molecular weight is 341 g/mol. The van der Waals surface area contributed by atoms with Crippen molar-refractivity contribution >= 4 is 17.5 Å². The quantitative estimate of drug-likeness (QED) is 0.897. The van der Waals surface area contributed by atoms with Crippen LogP contribution in [-0.4, -0.2) is 65.5 Å². The summed E-state index contributed by atoms with van der Waals surface area (Å²) in [6, 6.07) is 7.48. The van der Waals surface area contributed by atoms with E-state index in [0.29, 0.717) is 11.5 Å². The molecule has 0 saturated carbocycles. The monoisotopic (exact) mass is 341 g/mol. The summed E-state index contributed by atoms with van der Waals surface area (Å²) in [5.74, 6) is 1.24. The molecule has 0 bridgehead atoms. The summed E-state index contributed by atoms with van der Waals surface area (Å²) >= 11 is 0. The van der Waals surface area contributed by atoms with Gasteiger partial charge in [0.15, 0.2) is 0 Å². The van der Waals surface area contributed by atoms with E-state index in [4.69, 9.17) is 4.74 Å². The maximum atomic E-state index is 12.5. The number of anilines is 2. The van der Waals surface area contributed by atoms with Crippen molar-refractivity contribution in [1.29, 1.82) is 0 Å². The highest BCUT2D eigenvalue weighted by Crippen LogP contribution is 2.18. The van der Waals surface area contributed by atoms with Crippen molar-refractivity contribution in [1.82, 2.24) is 19.8 Å². The fourth-order valence-corrected chi connectivity index (χ4v) is 2.76. The molecule has 3 rings (SSSR count). The Hall–Kier alpha value is -2.67. The number of carbonyl (C=O) groups is 1. The lowest BCUT2D eigenvalue weighted by atomic mass is 10.2. The van der Waals surface area contributed by atoms with E-state index in [1.807, 2.05) is 29.2 Å². The highest BCUT2D eigenvalue weighted by atomic mass is 16.5. The van der Waals surface area contributed by atoms with Crippen LogP contribution in [-0.2, 0) is 0 Å². The van der Waals surface area contributed by atoms with Crippen LogP contribution in [0.4, 0.5) is 11.6 Å². The van der Waals surface area contributed by atoms with E-state index < -0.39 is 0 Å². The Kier molecular flexibility index (Phi) is 5.45. The number of amides is 1. The third kappa shape index (κ3) is 4.24. The summed E-state index contributed by atoms with van der Waals surface area (Å²) in [6.45, 7) is 6.49. The minimum Gasteiger partial charge on any atom is -0.497 e. The van der Waals surface area contributed by atoms with E-state index in [1.54, 1.807) is 19.5 Å². The molecular formula is C18H23N5O2. The summed E-state index contributed by atoms with van der Waals surface area (Å²) in [7, 11) is 1.63. The molecule has 0 radical (unpaired) electrons. The van der Waals surface area contributed by atoms with Crippen LogP contribution in [0.1, 0.15) is 17.3 Å². The fraction of sp³-hybridized carbons (Fsp3) is 0.389. The second kappa shape index (κ2) is 7.94. The summed E-state index contributed by atoms with van der Waals surface area (Å²) in [5, 5.41) is 3.10. The molecule has 0 unspecified atom stereocenters. The second-order valence-corrected chi connectivity index (χ2v) is 5.88. The van der Waals surface area contributed by atoms with Crippen molar-refractivity contribution in [3.05, 3.63) is 42.2 Å². The molecule has 0 aliphatic carbocycles. The third-order valence-electron chi connectivity index (χ3n) is 4.35. The molecule has 1 aliphatic heterocycles. The lowest BCUT2D eigenvalue weighted by Crippen LogP contribution is -2.48. The Labute approximate surface area is 147 Å². The van der Waals surface area contributed by atoms with Gasteiger partial charge < -0.3 is 19.9 Å². The van der Waals surface area contributed by atoms with Crippen LogP contribution in [0.2, 0.25) is 0 Å². The van der Waals surface area contributed by atoms with Gasteiger partial charge in [0.1, 0.15) is 5.75 Å². The van der Waals surface area contributed by atoms with Gasteiger partial charge in [-0.3, -0.25) is 4.79 Å². The van der Waals surface area contributed by atoms with Crippen LogP contribution in [0, 0.1) is 0 Å². The molecule has 1 N–H and O–H groups in total. The number of carbonyl (C=O) groups excluding carboxylic acids is 1. The first-order valence-corrected chi connectivity index (χ1v) is 8.44. The van der Waals surface area contributed by atoms with Crippen LogP contribution in [0.15, 0.2) is 36.7 Å². The fourth-order valence-electron chi connectivity index (χ4n) is 2.76. The van der Waals surface area contributed by atoms with E-state index >= 15 is 0 Å². The van der Waals surface area contributed by atoms with Gasteiger partial charge in [-0.2, -0.15) is 0 Å². The SMILES string of the molecule is CCN1CCN(C(=O)c2cnc(Nc3ccc(OC)cc3)nc2)CC1. The number of piperazine rings is 1. The maximum Gasteiger partial charge on any atom is 0.257 e. The highest BCUT2D eigenvalue weighted by Gasteiger charge is 2.21. The summed E-state index contributed by atoms with van der Waals surface area (Å²) in [6.07, 6.45) is 3.15. The third-order valence-corrected chi connectivity index (χ3v) is 4.35. The largest absolute Gasteiger partial charge is 0.497 e. The lowest BCUT2D eigenvalue weighted by Gasteiger charge is -2.33. The number of ether oxygens (including phenoxy) is 1.